The molecule has 1 amide bonds. The maximum Gasteiger partial charge on any atom is 0.262 e. The quantitative estimate of drug-likeness (QED) is 0.478. The Balaban J connectivity index is 1.24. The van der Waals surface area contributed by atoms with E-state index in [1.165, 1.54) is 54.0 Å². The van der Waals surface area contributed by atoms with Gasteiger partial charge in [-0.2, -0.15) is 0 Å². The molecule has 1 N–H and O–H groups in total. The molecule has 0 aliphatic carbocycles. The average Bonchev–Trinajstić information content (AvgIpc) is 2.81. The summed E-state index contributed by atoms with van der Waals surface area (Å²) >= 11 is 3.94. The van der Waals surface area contributed by atoms with E-state index in [2.05, 4.69) is 22.4 Å². The van der Waals surface area contributed by atoms with E-state index in [9.17, 15) is 9.18 Å². The van der Waals surface area contributed by atoms with Crippen LogP contribution >= 0.6 is 23.5 Å². The molecule has 0 saturated carbocycles. The van der Waals surface area contributed by atoms with E-state index in [1.54, 1.807) is 12.1 Å². The molecule has 0 atom stereocenters. The molecule has 1 aromatic heterocycles. The number of carbonyl (C=O) groups excluding carboxylic acids is 1. The summed E-state index contributed by atoms with van der Waals surface area (Å²) in [6.45, 7) is -0.0971. The molecule has 0 unspecified atom stereocenters. The van der Waals surface area contributed by atoms with Crippen molar-refractivity contribution in [2.24, 2.45) is 0 Å². The number of pyridine rings is 1. The van der Waals surface area contributed by atoms with Gasteiger partial charge in [-0.1, -0.05) is 12.1 Å². The predicted octanol–water partition coefficient (Wildman–Crippen LogP) is 5.90. The Morgan fingerprint density at radius 2 is 1.71 bits per heavy atom. The number of halogens is 1. The fourth-order valence-corrected chi connectivity index (χ4v) is 5.78. The maximum absolute atomic E-state index is 12.9. The number of hydrogen-bond acceptors (Lipinski definition) is 6. The molecule has 1 aliphatic rings. The van der Waals surface area contributed by atoms with Crippen molar-refractivity contribution in [3.63, 3.8) is 0 Å². The Bertz CT molecular complexity index is 993. The van der Waals surface area contributed by atoms with Gasteiger partial charge in [-0.3, -0.25) is 4.79 Å². The normalized spacial score (nSPS) is 14.1. The van der Waals surface area contributed by atoms with Gasteiger partial charge >= 0.3 is 0 Å². The van der Waals surface area contributed by atoms with Gasteiger partial charge in [-0.25, -0.2) is 9.37 Å². The summed E-state index contributed by atoms with van der Waals surface area (Å²) in [7, 11) is 0. The predicted molar refractivity (Wildman–Crippen MR) is 124 cm³/mol. The summed E-state index contributed by atoms with van der Waals surface area (Å²) in [4.78, 5) is 16.3. The summed E-state index contributed by atoms with van der Waals surface area (Å²) in [6, 6.07) is 16.9. The zero-order valence-electron chi connectivity index (χ0n) is 16.6. The minimum absolute atomic E-state index is 0.0971. The van der Waals surface area contributed by atoms with E-state index in [0.29, 0.717) is 27.6 Å². The van der Waals surface area contributed by atoms with Crippen LogP contribution < -0.4 is 14.8 Å². The van der Waals surface area contributed by atoms with Crippen LogP contribution in [0, 0.1) is 5.82 Å². The molecule has 4 rings (SSSR count). The lowest BCUT2D eigenvalue weighted by Gasteiger charge is -2.21. The molecule has 5 nitrogen and oxygen atoms in total. The van der Waals surface area contributed by atoms with Gasteiger partial charge in [0.2, 0.25) is 5.88 Å². The fourth-order valence-electron chi connectivity index (χ4n) is 2.89. The Labute approximate surface area is 188 Å². The van der Waals surface area contributed by atoms with Crippen LogP contribution in [-0.4, -0.2) is 29.0 Å². The highest BCUT2D eigenvalue weighted by molar-refractivity contribution is 8.16. The highest BCUT2D eigenvalue weighted by Crippen LogP contribution is 2.43. The van der Waals surface area contributed by atoms with Gasteiger partial charge < -0.3 is 14.8 Å². The Morgan fingerprint density at radius 1 is 1.00 bits per heavy atom. The molecule has 0 bridgehead atoms. The van der Waals surface area contributed by atoms with Crippen molar-refractivity contribution in [2.45, 2.75) is 11.0 Å². The van der Waals surface area contributed by atoms with E-state index in [4.69, 9.17) is 9.47 Å². The lowest BCUT2D eigenvalue weighted by molar-refractivity contribution is -0.118. The molecule has 1 aliphatic heterocycles. The van der Waals surface area contributed by atoms with E-state index in [0.717, 1.165) is 0 Å². The Kier molecular flexibility index (Phi) is 7.32. The maximum atomic E-state index is 12.9. The third kappa shape index (κ3) is 6.38. The second-order valence-corrected chi connectivity index (χ2v) is 9.50. The number of nitrogens with one attached hydrogen (secondary N) is 1. The van der Waals surface area contributed by atoms with E-state index in [-0.39, 0.29) is 18.3 Å². The summed E-state index contributed by atoms with van der Waals surface area (Å²) in [5, 5.41) is 2.74. The van der Waals surface area contributed by atoms with Crippen molar-refractivity contribution in [2.75, 3.05) is 23.4 Å². The van der Waals surface area contributed by atoms with Crippen molar-refractivity contribution < 1.29 is 18.7 Å². The minimum Gasteiger partial charge on any atom is -0.484 e. The zero-order valence-corrected chi connectivity index (χ0v) is 18.3. The van der Waals surface area contributed by atoms with Crippen molar-refractivity contribution in [3.05, 3.63) is 78.2 Å². The van der Waals surface area contributed by atoms with Gasteiger partial charge in [-0.15, -0.1) is 23.5 Å². The molecule has 0 radical (unpaired) electrons. The minimum atomic E-state index is -0.334. The van der Waals surface area contributed by atoms with E-state index in [1.807, 2.05) is 35.7 Å². The summed E-state index contributed by atoms with van der Waals surface area (Å²) < 4.78 is 24.6. The lowest BCUT2D eigenvalue weighted by atomic mass is 10.2. The van der Waals surface area contributed by atoms with Gasteiger partial charge in [0.05, 0.1) is 16.5 Å². The Hall–Kier alpha value is -2.71. The second kappa shape index (κ2) is 10.5. The van der Waals surface area contributed by atoms with Gasteiger partial charge in [-0.05, 0) is 66.0 Å². The van der Waals surface area contributed by atoms with Gasteiger partial charge in [0.15, 0.2) is 6.61 Å². The van der Waals surface area contributed by atoms with Crippen LogP contribution in [0.2, 0.25) is 0 Å². The zero-order chi connectivity index (χ0) is 21.5. The van der Waals surface area contributed by atoms with Crippen LogP contribution in [-0.2, 0) is 4.79 Å². The smallest absolute Gasteiger partial charge is 0.262 e. The van der Waals surface area contributed by atoms with Crippen LogP contribution in [0.5, 0.6) is 17.4 Å². The van der Waals surface area contributed by atoms with Crippen LogP contribution in [0.15, 0.2) is 66.9 Å². The molecule has 3 aromatic rings. The number of aromatic nitrogens is 1. The van der Waals surface area contributed by atoms with Crippen LogP contribution in [0.25, 0.3) is 0 Å². The molecule has 0 spiro atoms. The number of thioether (sulfide) groups is 2. The molecular weight excluding hydrogens is 435 g/mol. The topological polar surface area (TPSA) is 60.5 Å². The molecule has 1 saturated heterocycles. The van der Waals surface area contributed by atoms with E-state index >= 15 is 0 Å². The number of carbonyl (C=O) groups is 1. The number of ether oxygens (including phenoxy) is 2. The SMILES string of the molecule is O=C(COc1ccc(C2SCCCS2)cc1)Nc1ccc(Oc2ccc(F)cc2)nc1. The van der Waals surface area contributed by atoms with Crippen LogP contribution in [0.3, 0.4) is 0 Å². The molecule has 160 valence electrons. The number of benzene rings is 2. The Morgan fingerprint density at radius 3 is 2.39 bits per heavy atom. The standard InChI is InChI=1S/C23H21FN2O3S2/c24-17-4-9-20(10-5-17)29-22-11-6-18(14-25-22)26-21(27)15-28-19-7-2-16(3-8-19)23-30-12-1-13-31-23/h2-11,14,23H,1,12-13,15H2,(H,26,27). The number of hydrogen-bond donors (Lipinski definition) is 1. The van der Waals surface area contributed by atoms with Crippen molar-refractivity contribution in [1.82, 2.24) is 4.98 Å². The highest BCUT2D eigenvalue weighted by Gasteiger charge is 2.16. The third-order valence-corrected chi connectivity index (χ3v) is 7.42. The first-order chi connectivity index (χ1) is 15.2. The third-order valence-electron chi connectivity index (χ3n) is 4.41. The first-order valence-corrected chi connectivity index (χ1v) is 11.9. The molecule has 1 fully saturated rings. The first kappa shape index (κ1) is 21.5. The van der Waals surface area contributed by atoms with Crippen molar-refractivity contribution >= 4 is 35.1 Å². The number of rotatable bonds is 7. The number of amides is 1. The molecule has 2 heterocycles. The van der Waals surface area contributed by atoms with Crippen LogP contribution in [0.4, 0.5) is 10.1 Å². The average molecular weight is 457 g/mol. The van der Waals surface area contributed by atoms with Crippen molar-refractivity contribution in [1.29, 1.82) is 0 Å². The van der Waals surface area contributed by atoms with Gasteiger partial charge in [0, 0.05) is 6.07 Å². The molecule has 2 aromatic carbocycles. The summed E-state index contributed by atoms with van der Waals surface area (Å²) in [5.41, 5.74) is 1.81. The molecule has 8 heteroatoms. The van der Waals surface area contributed by atoms with E-state index < -0.39 is 0 Å². The highest BCUT2D eigenvalue weighted by atomic mass is 32.2. The van der Waals surface area contributed by atoms with Gasteiger partial charge in [0.1, 0.15) is 17.3 Å². The largest absolute Gasteiger partial charge is 0.484 e. The molecule has 31 heavy (non-hydrogen) atoms. The van der Waals surface area contributed by atoms with Gasteiger partial charge in [0.25, 0.3) is 5.91 Å². The lowest BCUT2D eigenvalue weighted by Crippen LogP contribution is -2.20. The number of nitrogens with zero attached hydrogens (tertiary/aromatic N) is 1. The number of anilines is 1. The fraction of sp³-hybridized carbons (Fsp3) is 0.217. The summed E-state index contributed by atoms with van der Waals surface area (Å²) in [6.07, 6.45) is 2.76. The first-order valence-electron chi connectivity index (χ1n) is 9.81. The summed E-state index contributed by atoms with van der Waals surface area (Å²) in [5.74, 6) is 3.26. The van der Waals surface area contributed by atoms with Crippen LogP contribution in [0.1, 0.15) is 16.6 Å². The second-order valence-electron chi connectivity index (χ2n) is 6.77. The van der Waals surface area contributed by atoms with Crippen molar-refractivity contribution in [3.8, 4) is 17.4 Å². The monoisotopic (exact) mass is 456 g/mol. The molecular formula is C23H21FN2O3S2.